The molecule has 26 heavy (non-hydrogen) atoms. The number of carbonyl (C=O) groups is 1. The minimum atomic E-state index is 0.0757. The molecule has 5 rings (SSSR count). The molecule has 0 aliphatic carbocycles. The van der Waals surface area contributed by atoms with Gasteiger partial charge < -0.3 is 4.90 Å². The van der Waals surface area contributed by atoms with Gasteiger partial charge in [0.1, 0.15) is 0 Å². The smallest absolute Gasteiger partial charge is 0.227 e. The summed E-state index contributed by atoms with van der Waals surface area (Å²) in [7, 11) is 0. The molecule has 2 atom stereocenters. The fourth-order valence-corrected chi connectivity index (χ4v) is 4.26. The van der Waals surface area contributed by atoms with Crippen molar-refractivity contribution in [3.8, 4) is 6.07 Å². The topological polar surface area (TPSA) is 47.3 Å². The van der Waals surface area contributed by atoms with Crippen molar-refractivity contribution in [1.29, 1.82) is 5.26 Å². The standard InChI is InChI=1S/C22H23N3O/c23-12-18-8-4-5-9-19(18)14-24-15-20-10-11-21(16-24)25(22(20)26)13-17-6-2-1-3-7-17/h1-9,20-21H,10-11,13-16H2/t20-,21+/m1/s1. The lowest BCUT2D eigenvalue weighted by Crippen LogP contribution is -2.47. The average molecular weight is 345 g/mol. The highest BCUT2D eigenvalue weighted by atomic mass is 16.2. The molecule has 3 fully saturated rings. The van der Waals surface area contributed by atoms with E-state index < -0.39 is 0 Å². The second kappa shape index (κ2) is 7.31. The highest BCUT2D eigenvalue weighted by Crippen LogP contribution is 2.31. The molecule has 2 bridgehead atoms. The van der Waals surface area contributed by atoms with Crippen molar-refractivity contribution in [1.82, 2.24) is 9.80 Å². The SMILES string of the molecule is N#Cc1ccccc1CN1C[C@H]2CC[C@@H](C1)N(Cc1ccccc1)C2=O. The highest BCUT2D eigenvalue weighted by Gasteiger charge is 2.40. The third kappa shape index (κ3) is 3.36. The largest absolute Gasteiger partial charge is 0.334 e. The molecule has 3 aliphatic rings. The molecule has 0 saturated carbocycles. The number of hydrogen-bond acceptors (Lipinski definition) is 3. The number of benzene rings is 2. The van der Waals surface area contributed by atoms with E-state index in [4.69, 9.17) is 0 Å². The Bertz CT molecular complexity index is 827. The maximum atomic E-state index is 13.0. The molecule has 4 heteroatoms. The molecule has 3 heterocycles. The molecule has 1 amide bonds. The van der Waals surface area contributed by atoms with Gasteiger partial charge in [-0.05, 0) is 30.0 Å². The summed E-state index contributed by atoms with van der Waals surface area (Å²) in [6.07, 6.45) is 2.05. The van der Waals surface area contributed by atoms with Crippen molar-refractivity contribution in [2.24, 2.45) is 5.92 Å². The zero-order valence-corrected chi connectivity index (χ0v) is 14.8. The minimum Gasteiger partial charge on any atom is -0.334 e. The lowest BCUT2D eigenvalue weighted by molar-refractivity contribution is -0.140. The van der Waals surface area contributed by atoms with Gasteiger partial charge in [0.15, 0.2) is 0 Å². The lowest BCUT2D eigenvalue weighted by Gasteiger charge is -2.36. The van der Waals surface area contributed by atoms with Crippen molar-refractivity contribution in [3.63, 3.8) is 0 Å². The lowest BCUT2D eigenvalue weighted by atomic mass is 9.93. The molecule has 0 aromatic heterocycles. The van der Waals surface area contributed by atoms with Crippen LogP contribution in [0.25, 0.3) is 0 Å². The molecule has 4 nitrogen and oxygen atoms in total. The predicted molar refractivity (Wildman–Crippen MR) is 99.9 cm³/mol. The van der Waals surface area contributed by atoms with Crippen molar-refractivity contribution in [2.45, 2.75) is 32.0 Å². The van der Waals surface area contributed by atoms with Crippen LogP contribution in [0.15, 0.2) is 54.6 Å². The molecular formula is C22H23N3O. The number of hydrogen-bond donors (Lipinski definition) is 0. The Morgan fingerprint density at radius 2 is 1.73 bits per heavy atom. The van der Waals surface area contributed by atoms with Crippen LogP contribution in [0, 0.1) is 17.2 Å². The number of piperidine rings is 1. The van der Waals surface area contributed by atoms with Gasteiger partial charge in [-0.15, -0.1) is 0 Å². The molecular weight excluding hydrogens is 322 g/mol. The van der Waals surface area contributed by atoms with Crippen LogP contribution >= 0.6 is 0 Å². The van der Waals surface area contributed by atoms with Crippen LogP contribution in [0.5, 0.6) is 0 Å². The summed E-state index contributed by atoms with van der Waals surface area (Å²) in [5, 5.41) is 9.34. The molecule has 3 aliphatic heterocycles. The average Bonchev–Trinajstić information content (AvgIpc) is 2.95. The van der Waals surface area contributed by atoms with Gasteiger partial charge in [0.05, 0.1) is 17.6 Å². The Hall–Kier alpha value is -2.64. The Labute approximate surface area is 154 Å². The second-order valence-corrected chi connectivity index (χ2v) is 7.34. The van der Waals surface area contributed by atoms with Crippen LogP contribution in [-0.4, -0.2) is 34.8 Å². The summed E-state index contributed by atoms with van der Waals surface area (Å²) in [4.78, 5) is 17.4. The van der Waals surface area contributed by atoms with E-state index in [0.717, 1.165) is 43.6 Å². The third-order valence-corrected chi connectivity index (χ3v) is 5.60. The van der Waals surface area contributed by atoms with Crippen LogP contribution in [0.3, 0.4) is 0 Å². The van der Waals surface area contributed by atoms with Crippen LogP contribution in [-0.2, 0) is 17.9 Å². The summed E-state index contributed by atoms with van der Waals surface area (Å²) in [5.74, 6) is 0.368. The minimum absolute atomic E-state index is 0.0757. The first kappa shape index (κ1) is 16.8. The van der Waals surface area contributed by atoms with Crippen LogP contribution in [0.1, 0.15) is 29.5 Å². The number of amides is 1. The Balaban J connectivity index is 1.52. The summed E-state index contributed by atoms with van der Waals surface area (Å²) < 4.78 is 0. The zero-order chi connectivity index (χ0) is 17.9. The van der Waals surface area contributed by atoms with Crippen LogP contribution in [0.2, 0.25) is 0 Å². The van der Waals surface area contributed by atoms with Gasteiger partial charge in [-0.3, -0.25) is 9.69 Å². The van der Waals surface area contributed by atoms with Gasteiger partial charge in [0, 0.05) is 32.2 Å². The van der Waals surface area contributed by atoms with E-state index in [1.54, 1.807) is 0 Å². The number of carbonyl (C=O) groups excluding carboxylic acids is 1. The number of nitrogens with zero attached hydrogens (tertiary/aromatic N) is 3. The van der Waals surface area contributed by atoms with Crippen LogP contribution in [0.4, 0.5) is 0 Å². The molecule has 3 saturated heterocycles. The van der Waals surface area contributed by atoms with Gasteiger partial charge in [-0.1, -0.05) is 48.5 Å². The van der Waals surface area contributed by atoms with E-state index in [-0.39, 0.29) is 12.0 Å². The molecule has 0 N–H and O–H groups in total. The Morgan fingerprint density at radius 3 is 2.54 bits per heavy atom. The summed E-state index contributed by atoms with van der Waals surface area (Å²) in [5.41, 5.74) is 2.98. The van der Waals surface area contributed by atoms with Crippen molar-refractivity contribution >= 4 is 5.91 Å². The van der Waals surface area contributed by atoms with E-state index in [1.165, 1.54) is 5.56 Å². The summed E-state index contributed by atoms with van der Waals surface area (Å²) >= 11 is 0. The second-order valence-electron chi connectivity index (χ2n) is 7.34. The van der Waals surface area contributed by atoms with E-state index in [2.05, 4.69) is 28.0 Å². The van der Waals surface area contributed by atoms with E-state index >= 15 is 0 Å². The van der Waals surface area contributed by atoms with E-state index in [1.807, 2.05) is 42.5 Å². The number of fused-ring (bicyclic) bond motifs is 4. The zero-order valence-electron chi connectivity index (χ0n) is 14.8. The highest BCUT2D eigenvalue weighted by molar-refractivity contribution is 5.80. The van der Waals surface area contributed by atoms with Crippen molar-refractivity contribution in [2.75, 3.05) is 13.1 Å². The third-order valence-electron chi connectivity index (χ3n) is 5.60. The fraction of sp³-hybridized carbons (Fsp3) is 0.364. The van der Waals surface area contributed by atoms with Crippen molar-refractivity contribution in [3.05, 3.63) is 71.3 Å². The maximum Gasteiger partial charge on any atom is 0.227 e. The van der Waals surface area contributed by atoms with Gasteiger partial charge in [0.25, 0.3) is 0 Å². The molecule has 0 radical (unpaired) electrons. The van der Waals surface area contributed by atoms with E-state index in [0.29, 0.717) is 12.5 Å². The monoisotopic (exact) mass is 345 g/mol. The van der Waals surface area contributed by atoms with Gasteiger partial charge in [0.2, 0.25) is 5.91 Å². The molecule has 0 spiro atoms. The Morgan fingerprint density at radius 1 is 0.962 bits per heavy atom. The summed E-state index contributed by atoms with van der Waals surface area (Å²) in [6, 6.07) is 20.6. The van der Waals surface area contributed by atoms with Gasteiger partial charge in [-0.25, -0.2) is 0 Å². The number of rotatable bonds is 4. The van der Waals surface area contributed by atoms with Crippen molar-refractivity contribution < 1.29 is 4.79 Å². The number of nitriles is 1. The van der Waals surface area contributed by atoms with Gasteiger partial charge >= 0.3 is 0 Å². The Kier molecular flexibility index (Phi) is 4.73. The first-order chi connectivity index (χ1) is 12.7. The predicted octanol–water partition coefficient (Wildman–Crippen LogP) is 3.18. The molecule has 2 aromatic rings. The van der Waals surface area contributed by atoms with Crippen LogP contribution < -0.4 is 0 Å². The first-order valence-electron chi connectivity index (χ1n) is 9.29. The molecule has 0 unspecified atom stereocenters. The summed E-state index contributed by atoms with van der Waals surface area (Å²) in [6.45, 7) is 3.11. The maximum absolute atomic E-state index is 13.0. The molecule has 2 aromatic carbocycles. The first-order valence-corrected chi connectivity index (χ1v) is 9.29. The molecule has 132 valence electrons. The van der Waals surface area contributed by atoms with E-state index in [9.17, 15) is 10.1 Å². The van der Waals surface area contributed by atoms with Gasteiger partial charge in [-0.2, -0.15) is 5.26 Å². The normalized spacial score (nSPS) is 22.9. The quantitative estimate of drug-likeness (QED) is 0.855. The fourth-order valence-electron chi connectivity index (χ4n) is 4.26.